The minimum atomic E-state index is -3.55. The molecule has 1 aromatic carbocycles. The van der Waals surface area contributed by atoms with E-state index in [2.05, 4.69) is 14.8 Å². The van der Waals surface area contributed by atoms with Gasteiger partial charge in [-0.05, 0) is 44.7 Å². The van der Waals surface area contributed by atoms with Gasteiger partial charge < -0.3 is 10.1 Å². The van der Waals surface area contributed by atoms with Gasteiger partial charge in [-0.15, -0.1) is 0 Å². The summed E-state index contributed by atoms with van der Waals surface area (Å²) in [7, 11) is -0.999. The molecule has 22 heavy (non-hydrogen) atoms. The van der Waals surface area contributed by atoms with Crippen LogP contribution in [0, 0.1) is 0 Å². The second kappa shape index (κ2) is 6.89. The number of hydrogen-bond acceptors (Lipinski definition) is 5. The SMILES string of the molecule is CC[C@@](C)(NC(=O)c1ccc(S(=O)(=O)NC)cc1)C(=O)OC. The van der Waals surface area contributed by atoms with Crippen LogP contribution in [0.3, 0.4) is 0 Å². The molecule has 2 N–H and O–H groups in total. The number of hydrogen-bond donors (Lipinski definition) is 2. The molecule has 7 nitrogen and oxygen atoms in total. The molecule has 0 fully saturated rings. The van der Waals surface area contributed by atoms with E-state index >= 15 is 0 Å². The lowest BCUT2D eigenvalue weighted by atomic mass is 9.98. The Hall–Kier alpha value is -1.93. The van der Waals surface area contributed by atoms with Gasteiger partial charge in [0.05, 0.1) is 12.0 Å². The van der Waals surface area contributed by atoms with Crippen LogP contribution >= 0.6 is 0 Å². The van der Waals surface area contributed by atoms with Gasteiger partial charge in [-0.3, -0.25) is 4.79 Å². The monoisotopic (exact) mass is 328 g/mol. The van der Waals surface area contributed by atoms with E-state index in [9.17, 15) is 18.0 Å². The van der Waals surface area contributed by atoms with Crippen LogP contribution in [0.25, 0.3) is 0 Å². The predicted octanol–water partition coefficient (Wildman–Crippen LogP) is 0.666. The van der Waals surface area contributed by atoms with Crippen molar-refractivity contribution in [3.63, 3.8) is 0 Å². The summed E-state index contributed by atoms with van der Waals surface area (Å²) >= 11 is 0. The zero-order valence-corrected chi connectivity index (χ0v) is 13.8. The molecule has 0 aliphatic rings. The first-order chi connectivity index (χ1) is 10.2. The quantitative estimate of drug-likeness (QED) is 0.747. The van der Waals surface area contributed by atoms with E-state index in [0.29, 0.717) is 6.42 Å². The van der Waals surface area contributed by atoms with Crippen molar-refractivity contribution in [2.45, 2.75) is 30.7 Å². The van der Waals surface area contributed by atoms with Crippen molar-refractivity contribution in [2.24, 2.45) is 0 Å². The third-order valence-corrected chi connectivity index (χ3v) is 4.86. The maximum absolute atomic E-state index is 12.2. The predicted molar refractivity (Wildman–Crippen MR) is 80.9 cm³/mol. The van der Waals surface area contributed by atoms with E-state index in [4.69, 9.17) is 0 Å². The fourth-order valence-corrected chi connectivity index (χ4v) is 2.47. The van der Waals surface area contributed by atoms with Gasteiger partial charge in [0.25, 0.3) is 5.91 Å². The summed E-state index contributed by atoms with van der Waals surface area (Å²) in [6.45, 7) is 3.32. The normalized spacial score (nSPS) is 14.0. The maximum Gasteiger partial charge on any atom is 0.331 e. The smallest absolute Gasteiger partial charge is 0.331 e. The van der Waals surface area contributed by atoms with Crippen molar-refractivity contribution in [3.05, 3.63) is 29.8 Å². The number of ether oxygens (including phenoxy) is 1. The number of amides is 1. The molecule has 1 rings (SSSR count). The van der Waals surface area contributed by atoms with Gasteiger partial charge in [0.1, 0.15) is 5.54 Å². The van der Waals surface area contributed by atoms with E-state index < -0.39 is 27.4 Å². The molecule has 0 spiro atoms. The Labute approximate surface area is 130 Å². The Morgan fingerprint density at radius 2 is 1.77 bits per heavy atom. The van der Waals surface area contributed by atoms with Gasteiger partial charge in [-0.25, -0.2) is 17.9 Å². The topological polar surface area (TPSA) is 102 Å². The second-order valence-corrected chi connectivity index (χ2v) is 6.75. The standard InChI is InChI=1S/C14H20N2O5S/c1-5-14(2,13(18)21-4)16-12(17)10-6-8-11(9-7-10)22(19,20)15-3/h6-9,15H,5H2,1-4H3,(H,16,17)/t14-/m1/s1. The van der Waals surface area contributed by atoms with E-state index in [1.165, 1.54) is 38.4 Å². The third kappa shape index (κ3) is 3.83. The minimum Gasteiger partial charge on any atom is -0.467 e. The number of nitrogens with one attached hydrogen (secondary N) is 2. The molecule has 0 saturated heterocycles. The number of sulfonamides is 1. The number of carbonyl (C=O) groups is 2. The third-order valence-electron chi connectivity index (χ3n) is 3.43. The van der Waals surface area contributed by atoms with Crippen molar-refractivity contribution in [1.82, 2.24) is 10.0 Å². The van der Waals surface area contributed by atoms with Crippen LogP contribution in [-0.4, -0.2) is 40.0 Å². The molecule has 0 aromatic heterocycles. The highest BCUT2D eigenvalue weighted by molar-refractivity contribution is 7.89. The van der Waals surface area contributed by atoms with Crippen molar-refractivity contribution < 1.29 is 22.7 Å². The summed E-state index contributed by atoms with van der Waals surface area (Å²) in [4.78, 5) is 24.0. The molecule has 0 aliphatic carbocycles. The molecule has 0 bridgehead atoms. The Balaban J connectivity index is 2.98. The van der Waals surface area contributed by atoms with Gasteiger partial charge in [-0.2, -0.15) is 0 Å². The summed E-state index contributed by atoms with van der Waals surface area (Å²) in [5, 5.41) is 2.60. The van der Waals surface area contributed by atoms with E-state index in [1.54, 1.807) is 13.8 Å². The van der Waals surface area contributed by atoms with E-state index in [-0.39, 0.29) is 10.5 Å². The number of esters is 1. The molecular weight excluding hydrogens is 308 g/mol. The molecule has 0 unspecified atom stereocenters. The first-order valence-corrected chi connectivity index (χ1v) is 8.13. The van der Waals surface area contributed by atoms with Gasteiger partial charge in [0.2, 0.25) is 10.0 Å². The van der Waals surface area contributed by atoms with Crippen LogP contribution in [-0.2, 0) is 19.6 Å². The largest absolute Gasteiger partial charge is 0.467 e. The molecule has 1 amide bonds. The summed E-state index contributed by atoms with van der Waals surface area (Å²) in [5.74, 6) is -1.03. The molecule has 1 atom stereocenters. The van der Waals surface area contributed by atoms with Crippen LogP contribution in [0.15, 0.2) is 29.2 Å². The van der Waals surface area contributed by atoms with Crippen LogP contribution in [0.2, 0.25) is 0 Å². The molecule has 0 heterocycles. The molecule has 1 aromatic rings. The van der Waals surface area contributed by atoms with Gasteiger partial charge in [-0.1, -0.05) is 6.92 Å². The summed E-state index contributed by atoms with van der Waals surface area (Å²) < 4.78 is 30.1. The molecule has 0 aliphatic heterocycles. The Morgan fingerprint density at radius 3 is 2.18 bits per heavy atom. The molecule has 0 radical (unpaired) electrons. The van der Waals surface area contributed by atoms with Crippen molar-refractivity contribution >= 4 is 21.9 Å². The Kier molecular flexibility index (Phi) is 5.67. The molecule has 0 saturated carbocycles. The fraction of sp³-hybridized carbons (Fsp3) is 0.429. The average Bonchev–Trinajstić information content (AvgIpc) is 2.53. The highest BCUT2D eigenvalue weighted by Crippen LogP contribution is 2.14. The Bertz CT molecular complexity index is 654. The van der Waals surface area contributed by atoms with Crippen LogP contribution in [0.5, 0.6) is 0 Å². The van der Waals surface area contributed by atoms with Crippen molar-refractivity contribution in [2.75, 3.05) is 14.2 Å². The molecule has 8 heteroatoms. The lowest BCUT2D eigenvalue weighted by Crippen LogP contribution is -2.52. The summed E-state index contributed by atoms with van der Waals surface area (Å²) in [6, 6.07) is 5.41. The minimum absolute atomic E-state index is 0.0535. The van der Waals surface area contributed by atoms with Crippen molar-refractivity contribution in [3.8, 4) is 0 Å². The summed E-state index contributed by atoms with van der Waals surface area (Å²) in [6.07, 6.45) is 0.359. The maximum atomic E-state index is 12.2. The number of carbonyl (C=O) groups excluding carboxylic acids is 2. The van der Waals surface area contributed by atoms with E-state index in [0.717, 1.165) is 0 Å². The van der Waals surface area contributed by atoms with Crippen LogP contribution in [0.1, 0.15) is 30.6 Å². The fourth-order valence-electron chi connectivity index (χ4n) is 1.74. The highest BCUT2D eigenvalue weighted by atomic mass is 32.2. The molecule has 122 valence electrons. The highest BCUT2D eigenvalue weighted by Gasteiger charge is 2.34. The number of methoxy groups -OCH3 is 1. The zero-order valence-electron chi connectivity index (χ0n) is 13.0. The lowest BCUT2D eigenvalue weighted by Gasteiger charge is -2.26. The first-order valence-electron chi connectivity index (χ1n) is 6.64. The van der Waals surface area contributed by atoms with Gasteiger partial charge >= 0.3 is 5.97 Å². The summed E-state index contributed by atoms with van der Waals surface area (Å²) in [5.41, 5.74) is -0.889. The lowest BCUT2D eigenvalue weighted by molar-refractivity contribution is -0.147. The van der Waals surface area contributed by atoms with Crippen LogP contribution < -0.4 is 10.0 Å². The second-order valence-electron chi connectivity index (χ2n) is 4.86. The molecular formula is C14H20N2O5S. The van der Waals surface area contributed by atoms with Crippen LogP contribution in [0.4, 0.5) is 0 Å². The number of rotatable bonds is 6. The Morgan fingerprint density at radius 1 is 1.23 bits per heavy atom. The zero-order chi connectivity index (χ0) is 17.0. The average molecular weight is 328 g/mol. The van der Waals surface area contributed by atoms with Crippen molar-refractivity contribution in [1.29, 1.82) is 0 Å². The van der Waals surface area contributed by atoms with E-state index in [1.807, 2.05) is 0 Å². The number of benzene rings is 1. The first kappa shape index (κ1) is 18.1. The van der Waals surface area contributed by atoms with Gasteiger partial charge in [0, 0.05) is 5.56 Å². The van der Waals surface area contributed by atoms with Gasteiger partial charge in [0.15, 0.2) is 0 Å².